The van der Waals surface area contributed by atoms with Crippen LogP contribution in [0.1, 0.15) is 46.5 Å². The summed E-state index contributed by atoms with van der Waals surface area (Å²) in [4.78, 5) is 23.9. The average Bonchev–Trinajstić information content (AvgIpc) is 2.89. The number of rotatable bonds is 6. The molecule has 2 rings (SSSR count). The highest BCUT2D eigenvalue weighted by Gasteiger charge is 2.26. The molecule has 27 heavy (non-hydrogen) atoms. The molecule has 0 radical (unpaired) electrons. The van der Waals surface area contributed by atoms with E-state index in [4.69, 9.17) is 0 Å². The maximum atomic E-state index is 12.8. The lowest BCUT2D eigenvalue weighted by Crippen LogP contribution is -2.46. The molecule has 0 aliphatic carbocycles. The molecule has 1 aliphatic rings. The van der Waals surface area contributed by atoms with Crippen molar-refractivity contribution in [3.8, 4) is 0 Å². The minimum absolute atomic E-state index is 0.0726. The van der Waals surface area contributed by atoms with Gasteiger partial charge in [0.05, 0.1) is 4.90 Å². The van der Waals surface area contributed by atoms with Crippen molar-refractivity contribution in [2.75, 3.05) is 18.4 Å². The maximum absolute atomic E-state index is 12.8. The maximum Gasteiger partial charge on any atom is 0.247 e. The first-order valence-corrected chi connectivity index (χ1v) is 10.8. The van der Waals surface area contributed by atoms with Crippen molar-refractivity contribution >= 4 is 27.5 Å². The van der Waals surface area contributed by atoms with E-state index in [1.54, 1.807) is 16.4 Å². The first kappa shape index (κ1) is 21.4. The van der Waals surface area contributed by atoms with Crippen LogP contribution in [0.5, 0.6) is 0 Å². The van der Waals surface area contributed by atoms with Crippen LogP contribution < -0.4 is 10.6 Å². The van der Waals surface area contributed by atoms with Gasteiger partial charge in [-0.3, -0.25) is 9.59 Å². The Morgan fingerprint density at radius 2 is 1.56 bits per heavy atom. The quantitative estimate of drug-likeness (QED) is 0.773. The Morgan fingerprint density at radius 3 is 2.04 bits per heavy atom. The fourth-order valence-electron chi connectivity index (χ4n) is 3.12. The van der Waals surface area contributed by atoms with Crippen LogP contribution in [0.4, 0.5) is 5.69 Å². The Labute approximate surface area is 161 Å². The summed E-state index contributed by atoms with van der Waals surface area (Å²) < 4.78 is 27.1. The Kier molecular flexibility index (Phi) is 7.38. The smallest absolute Gasteiger partial charge is 0.247 e. The lowest BCUT2D eigenvalue weighted by Gasteiger charge is -2.21. The third-order valence-corrected chi connectivity index (χ3v) is 6.55. The zero-order valence-electron chi connectivity index (χ0n) is 16.2. The summed E-state index contributed by atoms with van der Waals surface area (Å²) in [6.07, 6.45) is 3.88. The summed E-state index contributed by atoms with van der Waals surface area (Å²) in [7, 11) is -3.51. The minimum atomic E-state index is -3.51. The molecule has 2 amide bonds. The van der Waals surface area contributed by atoms with Gasteiger partial charge in [0.25, 0.3) is 0 Å². The molecule has 1 heterocycles. The van der Waals surface area contributed by atoms with Gasteiger partial charge in [0.15, 0.2) is 0 Å². The molecule has 0 aromatic heterocycles. The van der Waals surface area contributed by atoms with Gasteiger partial charge in [0.1, 0.15) is 6.04 Å². The van der Waals surface area contributed by atoms with Crippen LogP contribution in [-0.2, 0) is 19.6 Å². The van der Waals surface area contributed by atoms with E-state index in [2.05, 4.69) is 10.6 Å². The van der Waals surface area contributed by atoms with Crippen LogP contribution in [0, 0.1) is 5.92 Å². The number of carbonyl (C=O) groups is 2. The van der Waals surface area contributed by atoms with Crippen LogP contribution in [-0.4, -0.2) is 43.7 Å². The number of carbonyl (C=O) groups excluding carboxylic acids is 2. The van der Waals surface area contributed by atoms with E-state index < -0.39 is 16.1 Å². The molecule has 150 valence electrons. The predicted octanol–water partition coefficient (Wildman–Crippen LogP) is 2.35. The van der Waals surface area contributed by atoms with Crippen molar-refractivity contribution in [1.82, 2.24) is 9.62 Å². The number of nitrogens with one attached hydrogen (secondary N) is 2. The van der Waals surface area contributed by atoms with Gasteiger partial charge in [-0.05, 0) is 43.0 Å². The number of amides is 2. The molecule has 1 aromatic rings. The summed E-state index contributed by atoms with van der Waals surface area (Å²) in [6.45, 7) is 6.15. The van der Waals surface area contributed by atoms with Crippen LogP contribution >= 0.6 is 0 Å². The van der Waals surface area contributed by atoms with E-state index in [-0.39, 0.29) is 22.6 Å². The van der Waals surface area contributed by atoms with E-state index in [0.29, 0.717) is 18.8 Å². The van der Waals surface area contributed by atoms with Crippen molar-refractivity contribution < 1.29 is 18.0 Å². The fourth-order valence-corrected chi connectivity index (χ4v) is 4.63. The standard InChI is InChI=1S/C19H29N3O4S/c1-14(2)18(20-15(3)23)19(24)21-16-8-10-17(11-9-16)27(25,26)22-12-6-4-5-7-13-22/h8-11,14,18H,4-7,12-13H2,1-3H3,(H,20,23)(H,21,24)/t18-/m0/s1. The highest BCUT2D eigenvalue weighted by Crippen LogP contribution is 2.22. The first-order chi connectivity index (χ1) is 12.7. The second-order valence-electron chi connectivity index (χ2n) is 7.25. The van der Waals surface area contributed by atoms with Crippen molar-refractivity contribution in [2.24, 2.45) is 5.92 Å². The van der Waals surface area contributed by atoms with E-state index in [1.165, 1.54) is 19.1 Å². The summed E-state index contributed by atoms with van der Waals surface area (Å²) in [6, 6.07) is 5.53. The second-order valence-corrected chi connectivity index (χ2v) is 9.19. The van der Waals surface area contributed by atoms with Gasteiger partial charge in [-0.2, -0.15) is 4.31 Å². The molecule has 7 nitrogen and oxygen atoms in total. The van der Waals surface area contributed by atoms with Crippen LogP contribution in [0.15, 0.2) is 29.2 Å². The summed E-state index contributed by atoms with van der Waals surface area (Å²) in [5, 5.41) is 5.37. The summed E-state index contributed by atoms with van der Waals surface area (Å²) >= 11 is 0. The second kappa shape index (κ2) is 9.32. The Balaban J connectivity index is 2.09. The average molecular weight is 396 g/mol. The topological polar surface area (TPSA) is 95.6 Å². The van der Waals surface area contributed by atoms with Crippen LogP contribution in [0.3, 0.4) is 0 Å². The SMILES string of the molecule is CC(=O)N[C@H](C(=O)Nc1ccc(S(=O)(=O)N2CCCCCC2)cc1)C(C)C. The van der Waals surface area contributed by atoms with E-state index in [0.717, 1.165) is 25.7 Å². The Hall–Kier alpha value is -1.93. The highest BCUT2D eigenvalue weighted by molar-refractivity contribution is 7.89. The number of anilines is 1. The molecule has 1 aliphatic heterocycles. The van der Waals surface area contributed by atoms with Gasteiger partial charge < -0.3 is 10.6 Å². The third-order valence-electron chi connectivity index (χ3n) is 4.63. The number of hydrogen-bond donors (Lipinski definition) is 2. The molecule has 1 aromatic carbocycles. The number of nitrogens with zero attached hydrogens (tertiary/aromatic N) is 1. The first-order valence-electron chi connectivity index (χ1n) is 9.40. The Bertz CT molecular complexity index is 752. The zero-order chi connectivity index (χ0) is 20.0. The molecule has 0 spiro atoms. The Morgan fingerprint density at radius 1 is 1.00 bits per heavy atom. The van der Waals surface area contributed by atoms with E-state index in [1.807, 2.05) is 13.8 Å². The third kappa shape index (κ3) is 5.77. The van der Waals surface area contributed by atoms with Crippen molar-refractivity contribution in [3.63, 3.8) is 0 Å². The molecule has 0 bridgehead atoms. The van der Waals surface area contributed by atoms with Gasteiger partial charge in [0.2, 0.25) is 21.8 Å². The van der Waals surface area contributed by atoms with Gasteiger partial charge >= 0.3 is 0 Å². The molecular weight excluding hydrogens is 366 g/mol. The van der Waals surface area contributed by atoms with Crippen molar-refractivity contribution in [2.45, 2.75) is 57.4 Å². The normalized spacial score (nSPS) is 17.2. The minimum Gasteiger partial charge on any atom is -0.344 e. The molecule has 1 atom stereocenters. The van der Waals surface area contributed by atoms with Crippen LogP contribution in [0.2, 0.25) is 0 Å². The predicted molar refractivity (Wildman–Crippen MR) is 105 cm³/mol. The van der Waals surface area contributed by atoms with Gasteiger partial charge in [-0.25, -0.2) is 8.42 Å². The van der Waals surface area contributed by atoms with Gasteiger partial charge in [-0.1, -0.05) is 26.7 Å². The highest BCUT2D eigenvalue weighted by atomic mass is 32.2. The lowest BCUT2D eigenvalue weighted by atomic mass is 10.0. The van der Waals surface area contributed by atoms with Crippen molar-refractivity contribution in [3.05, 3.63) is 24.3 Å². The van der Waals surface area contributed by atoms with E-state index in [9.17, 15) is 18.0 Å². The van der Waals surface area contributed by atoms with Gasteiger partial charge in [-0.15, -0.1) is 0 Å². The lowest BCUT2D eigenvalue weighted by molar-refractivity contribution is -0.126. The van der Waals surface area contributed by atoms with Crippen LogP contribution in [0.25, 0.3) is 0 Å². The van der Waals surface area contributed by atoms with Crippen molar-refractivity contribution in [1.29, 1.82) is 0 Å². The largest absolute Gasteiger partial charge is 0.344 e. The number of benzene rings is 1. The number of sulfonamides is 1. The molecule has 0 unspecified atom stereocenters. The molecule has 2 N–H and O–H groups in total. The zero-order valence-corrected chi connectivity index (χ0v) is 17.0. The van der Waals surface area contributed by atoms with E-state index >= 15 is 0 Å². The summed E-state index contributed by atoms with van der Waals surface area (Å²) in [5.41, 5.74) is 0.491. The molecule has 0 saturated carbocycles. The molecular formula is C19H29N3O4S. The molecule has 1 saturated heterocycles. The fraction of sp³-hybridized carbons (Fsp3) is 0.579. The number of hydrogen-bond acceptors (Lipinski definition) is 4. The molecule has 1 fully saturated rings. The summed E-state index contributed by atoms with van der Waals surface area (Å²) in [5.74, 6) is -0.678. The van der Waals surface area contributed by atoms with Gasteiger partial charge in [0, 0.05) is 25.7 Å². The monoisotopic (exact) mass is 395 g/mol. The molecule has 8 heteroatoms.